The number of hydrogen-bond donors (Lipinski definition) is 0. The molecule has 0 atom stereocenters. The van der Waals surface area contributed by atoms with E-state index in [4.69, 9.17) is 10.5 Å². The first-order valence-electron chi connectivity index (χ1n) is 21.5. The van der Waals surface area contributed by atoms with Crippen molar-refractivity contribution in [2.24, 2.45) is 0 Å². The van der Waals surface area contributed by atoms with Crippen molar-refractivity contribution in [3.63, 3.8) is 0 Å². The molecule has 10 aromatic rings. The second-order valence-corrected chi connectivity index (χ2v) is 13.2. The van der Waals surface area contributed by atoms with Crippen molar-refractivity contribution in [3.05, 3.63) is 255 Å². The van der Waals surface area contributed by atoms with E-state index in [1.807, 2.05) is 146 Å². The van der Waals surface area contributed by atoms with E-state index >= 15 is 0 Å². The van der Waals surface area contributed by atoms with Crippen LogP contribution in [0.1, 0.15) is 34.8 Å². The number of pyridine rings is 10. The molecule has 0 aromatic carbocycles. The summed E-state index contributed by atoms with van der Waals surface area (Å²) in [7, 11) is 0. The summed E-state index contributed by atoms with van der Waals surface area (Å²) in [6.07, 6.45) is 17.0. The summed E-state index contributed by atoms with van der Waals surface area (Å²) in [5.74, 6) is -2.48. The molecule has 0 unspecified atom stereocenters. The predicted octanol–water partition coefficient (Wildman–Crippen LogP) is 0.0533. The molecule has 0 radical (unpaired) electrons. The third-order valence-corrected chi connectivity index (χ3v) is 8.12. The number of nitrogens with zero attached hydrogens (tertiary/aromatic N) is 12. The topological polar surface area (TPSA) is 351 Å². The van der Waals surface area contributed by atoms with Crippen LogP contribution in [0.4, 0.5) is 0 Å². The van der Waals surface area contributed by atoms with Crippen LogP contribution < -0.4 is 35.0 Å². The first kappa shape index (κ1) is 79.0. The molecular formula is C56H52Cl2N12O7Ru2. The van der Waals surface area contributed by atoms with Gasteiger partial charge in [0.05, 0.1) is 81.0 Å². The Kier molecular flexibility index (Phi) is 51.2. The van der Waals surface area contributed by atoms with Crippen LogP contribution in [-0.4, -0.2) is 78.2 Å². The van der Waals surface area contributed by atoms with Gasteiger partial charge in [-0.15, -0.1) is 0 Å². The van der Waals surface area contributed by atoms with Gasteiger partial charge in [0.25, 0.3) is 0 Å². The van der Waals surface area contributed by atoms with Crippen LogP contribution in [0, 0.1) is 22.7 Å². The summed E-state index contributed by atoms with van der Waals surface area (Å²) in [6, 6.07) is 59.1. The van der Waals surface area contributed by atoms with Gasteiger partial charge >= 0.3 is 39.0 Å². The summed E-state index contributed by atoms with van der Waals surface area (Å²) >= 11 is 0. The van der Waals surface area contributed by atoms with Crippen molar-refractivity contribution in [1.82, 2.24) is 49.8 Å². The van der Waals surface area contributed by atoms with Crippen LogP contribution >= 0.6 is 0 Å². The molecule has 0 aliphatic carbocycles. The minimum Gasteiger partial charge on any atom is -1.00 e. The third kappa shape index (κ3) is 34.4. The monoisotopic (exact) mass is 1280 g/mol. The van der Waals surface area contributed by atoms with Crippen molar-refractivity contribution in [3.8, 4) is 57.7 Å². The zero-order valence-electron chi connectivity index (χ0n) is 42.1. The number of rotatable bonds is 6. The van der Waals surface area contributed by atoms with E-state index in [2.05, 4.69) is 49.8 Å². The number of carbonyl (C=O) groups is 2. The predicted molar refractivity (Wildman–Crippen MR) is 280 cm³/mol. The number of carboxylic acids is 2. The summed E-state index contributed by atoms with van der Waals surface area (Å²) < 4.78 is 0. The van der Waals surface area contributed by atoms with Gasteiger partial charge in [0, 0.05) is 75.8 Å². The fourth-order valence-electron chi connectivity index (χ4n) is 5.08. The van der Waals surface area contributed by atoms with Gasteiger partial charge in [-0.25, -0.2) is 0 Å². The maximum atomic E-state index is 10.0. The molecule has 0 aliphatic heterocycles. The number of halogens is 2. The SMILES string of the molecule is CC#N.CC#N.O.O.O.O=C([O-])c1ccccn1.O=C([O-])c1ccccn1.[Cl-].[Cl-].[Ru+2].[Ru+2].c1ccc(-c2ccccn2)nc1.c1ccc(-c2ccccn2)nc1.c1ccc(-c2ccccn2)nc1.c1ccc(-c2ccccn2)nc1. The zero-order valence-corrected chi connectivity index (χ0v) is 47.0. The quantitative estimate of drug-likeness (QED) is 0.199. The Morgan fingerprint density at radius 3 is 0.506 bits per heavy atom. The standard InChI is InChI=1S/4C10H8N2.2C6H5NO2.2C2H3N.2ClH.3H2O.2Ru/c4*1-3-7-11-9(5-1)10-6-2-4-8-12-10;2*8-6(9)5-3-1-2-4-7-5;2*1-2-3;;;;;;;/h4*1-8H;2*1-4H,(H,8,9);2*1H3;2*1H;3*1H2;;/q;;;;;;;;;;;;;2*+2/p-4. The van der Waals surface area contributed by atoms with Crippen LogP contribution in [0.2, 0.25) is 0 Å². The maximum absolute atomic E-state index is 10.0. The molecule has 0 spiro atoms. The van der Waals surface area contributed by atoms with Crippen molar-refractivity contribution in [2.75, 3.05) is 0 Å². The van der Waals surface area contributed by atoms with Gasteiger partial charge in [0.2, 0.25) is 0 Å². The van der Waals surface area contributed by atoms with Crippen LogP contribution in [0.3, 0.4) is 0 Å². The van der Waals surface area contributed by atoms with E-state index in [-0.39, 0.29) is 91.6 Å². The van der Waals surface area contributed by atoms with Gasteiger partial charge in [-0.1, -0.05) is 60.7 Å². The molecule has 408 valence electrons. The number of carboxylic acid groups (broad SMARTS) is 2. The minimum atomic E-state index is -1.24. The molecule has 0 saturated heterocycles. The Balaban J connectivity index is -0.000000268. The third-order valence-electron chi connectivity index (χ3n) is 8.12. The van der Waals surface area contributed by atoms with Crippen molar-refractivity contribution >= 4 is 11.9 Å². The first-order chi connectivity index (χ1) is 35.3. The van der Waals surface area contributed by atoms with Gasteiger partial charge in [-0.2, -0.15) is 10.5 Å². The van der Waals surface area contributed by atoms with E-state index in [9.17, 15) is 19.8 Å². The van der Waals surface area contributed by atoms with Gasteiger partial charge in [0.1, 0.15) is 0 Å². The second-order valence-electron chi connectivity index (χ2n) is 13.2. The zero-order chi connectivity index (χ0) is 51.7. The van der Waals surface area contributed by atoms with E-state index in [0.29, 0.717) is 0 Å². The number of aromatic nitrogens is 10. The normalized spacial score (nSPS) is 8.10. The number of carbonyl (C=O) groups excluding carboxylic acids is 2. The van der Waals surface area contributed by atoms with Gasteiger partial charge in [-0.3, -0.25) is 49.8 Å². The molecule has 0 fully saturated rings. The van der Waals surface area contributed by atoms with Crippen molar-refractivity contribution < 1.29 is 100 Å². The Hall–Kier alpha value is -8.87. The van der Waals surface area contributed by atoms with E-state index in [1.165, 1.54) is 38.4 Å². The minimum absolute atomic E-state index is 0. The fourth-order valence-corrected chi connectivity index (χ4v) is 5.08. The van der Waals surface area contributed by atoms with Gasteiger partial charge in [-0.05, 0) is 121 Å². The molecule has 19 nitrogen and oxygen atoms in total. The fraction of sp³-hybridized carbons (Fsp3) is 0.0357. The number of hydrogen-bond acceptors (Lipinski definition) is 16. The molecule has 6 N–H and O–H groups in total. The number of aromatic carboxylic acids is 2. The summed E-state index contributed by atoms with van der Waals surface area (Å²) in [6.45, 7) is 2.86. The molecule has 0 amide bonds. The Morgan fingerprint density at radius 2 is 0.430 bits per heavy atom. The summed E-state index contributed by atoms with van der Waals surface area (Å²) in [4.78, 5) is 60.6. The molecular weight excluding hydrogens is 1230 g/mol. The van der Waals surface area contributed by atoms with E-state index in [1.54, 1.807) is 86.0 Å². The smallest absolute Gasteiger partial charge is 1.00 e. The maximum Gasteiger partial charge on any atom is 2.00 e. The number of nitriles is 2. The molecule has 10 heterocycles. The molecule has 0 saturated carbocycles. The average Bonchev–Trinajstić information content (AvgIpc) is 3.47. The second kappa shape index (κ2) is 51.2. The van der Waals surface area contributed by atoms with Crippen LogP contribution in [-0.2, 0) is 39.0 Å². The molecule has 10 aromatic heterocycles. The summed E-state index contributed by atoms with van der Waals surface area (Å²) in [5, 5.41) is 34.7. The average molecular weight is 1280 g/mol. The van der Waals surface area contributed by atoms with E-state index < -0.39 is 11.9 Å². The molecule has 0 bridgehead atoms. The van der Waals surface area contributed by atoms with Gasteiger partial charge < -0.3 is 61.0 Å². The van der Waals surface area contributed by atoms with Crippen LogP contribution in [0.25, 0.3) is 45.6 Å². The largest absolute Gasteiger partial charge is 2.00 e. The Labute approximate surface area is 496 Å². The molecule has 23 heteroatoms. The molecule has 10 rings (SSSR count). The first-order valence-corrected chi connectivity index (χ1v) is 21.5. The Bertz CT molecular complexity index is 2550. The van der Waals surface area contributed by atoms with Crippen molar-refractivity contribution in [1.29, 1.82) is 10.5 Å². The van der Waals surface area contributed by atoms with Crippen LogP contribution in [0.15, 0.2) is 244 Å². The van der Waals surface area contributed by atoms with Crippen LogP contribution in [0.5, 0.6) is 0 Å². The van der Waals surface area contributed by atoms with Gasteiger partial charge in [0.15, 0.2) is 0 Å². The molecule has 79 heavy (non-hydrogen) atoms. The van der Waals surface area contributed by atoms with E-state index in [0.717, 1.165) is 45.6 Å². The molecule has 0 aliphatic rings. The van der Waals surface area contributed by atoms with Crippen molar-refractivity contribution in [2.45, 2.75) is 13.8 Å². The summed E-state index contributed by atoms with van der Waals surface area (Å²) in [5.41, 5.74) is 7.26. The Morgan fingerprint density at radius 1 is 0.304 bits per heavy atom.